The summed E-state index contributed by atoms with van der Waals surface area (Å²) in [5.41, 5.74) is 4.83. The van der Waals surface area contributed by atoms with Crippen molar-refractivity contribution < 1.29 is 4.74 Å². The van der Waals surface area contributed by atoms with Crippen molar-refractivity contribution in [2.45, 2.75) is 45.3 Å². The lowest BCUT2D eigenvalue weighted by molar-refractivity contribution is 0.414. The first-order chi connectivity index (χ1) is 11.3. The molecule has 0 saturated heterocycles. The Kier molecular flexibility index (Phi) is 6.11. The molecule has 0 heterocycles. The maximum atomic E-state index is 5.20. The number of rotatable bonds is 5. The average molecular weight is 342 g/mol. The van der Waals surface area contributed by atoms with Crippen LogP contribution in [0, 0.1) is 12.3 Å². The Morgan fingerprint density at radius 3 is 2.33 bits per heavy atom. The van der Waals surface area contributed by atoms with Gasteiger partial charge in [-0.1, -0.05) is 39.0 Å². The molecular weight excluding hydrogens is 314 g/mol. The van der Waals surface area contributed by atoms with Crippen LogP contribution < -0.4 is 4.74 Å². The van der Waals surface area contributed by atoms with E-state index in [4.69, 9.17) is 9.73 Å². The van der Waals surface area contributed by atoms with Crippen LogP contribution in [0.1, 0.15) is 38.8 Å². The zero-order chi connectivity index (χ0) is 17.7. The quantitative estimate of drug-likeness (QED) is 0.461. The van der Waals surface area contributed by atoms with Gasteiger partial charge < -0.3 is 4.74 Å². The normalized spacial score (nSPS) is 12.3. The number of methoxy groups -OCH3 is 1. The maximum absolute atomic E-state index is 5.20. The first kappa shape index (κ1) is 18.6. The highest BCUT2D eigenvalue weighted by Crippen LogP contribution is 2.30. The number of ether oxygens (including phenoxy) is 1. The molecule has 0 saturated carbocycles. The predicted molar refractivity (Wildman–Crippen MR) is 106 cm³/mol. The summed E-state index contributed by atoms with van der Waals surface area (Å²) >= 11 is 1.83. The van der Waals surface area contributed by atoms with E-state index in [1.807, 2.05) is 23.9 Å². The summed E-state index contributed by atoms with van der Waals surface area (Å²) in [5.74, 6) is 1.84. The third-order valence-corrected chi connectivity index (χ3v) is 5.18. The summed E-state index contributed by atoms with van der Waals surface area (Å²) in [7, 11) is 1.69. The van der Waals surface area contributed by atoms with Crippen LogP contribution in [-0.2, 0) is 5.75 Å². The van der Waals surface area contributed by atoms with Crippen molar-refractivity contribution in [3.63, 3.8) is 0 Å². The van der Waals surface area contributed by atoms with E-state index >= 15 is 0 Å². The Bertz CT molecular complexity index is 712. The largest absolute Gasteiger partial charge is 0.497 e. The van der Waals surface area contributed by atoms with E-state index in [1.54, 1.807) is 7.11 Å². The third kappa shape index (κ3) is 5.13. The second-order valence-corrected chi connectivity index (χ2v) is 8.08. The van der Waals surface area contributed by atoms with Gasteiger partial charge in [0.05, 0.1) is 12.8 Å². The predicted octanol–water partition coefficient (Wildman–Crippen LogP) is 6.43. The molecular formula is C21H27NOS. The molecule has 24 heavy (non-hydrogen) atoms. The van der Waals surface area contributed by atoms with Gasteiger partial charge in [-0.2, -0.15) is 0 Å². The van der Waals surface area contributed by atoms with Gasteiger partial charge in [-0.25, -0.2) is 0 Å². The molecule has 0 aliphatic rings. The van der Waals surface area contributed by atoms with E-state index in [1.165, 1.54) is 16.0 Å². The van der Waals surface area contributed by atoms with E-state index in [0.717, 1.165) is 22.9 Å². The molecule has 0 aliphatic heterocycles. The average Bonchev–Trinajstić information content (AvgIpc) is 2.55. The van der Waals surface area contributed by atoms with Crippen LogP contribution in [0.5, 0.6) is 5.75 Å². The molecule has 0 radical (unpaired) electrons. The SMILES string of the molecule is COc1ccc(CSc2ccc(C)c(N=C(C)C(C)(C)C)c2)cc1. The standard InChI is InChI=1S/C21H27NOS/c1-15-7-12-19(13-20(15)22-16(2)21(3,4)5)24-14-17-8-10-18(23-6)11-9-17/h7-13H,14H2,1-6H3. The van der Waals surface area contributed by atoms with E-state index in [0.29, 0.717) is 0 Å². The van der Waals surface area contributed by atoms with Gasteiger partial charge in [0, 0.05) is 16.4 Å². The Balaban J connectivity index is 2.12. The van der Waals surface area contributed by atoms with Gasteiger partial charge in [0.25, 0.3) is 0 Å². The van der Waals surface area contributed by atoms with Crippen LogP contribution in [0.15, 0.2) is 52.4 Å². The highest BCUT2D eigenvalue weighted by Gasteiger charge is 2.14. The van der Waals surface area contributed by atoms with Crippen molar-refractivity contribution in [1.29, 1.82) is 0 Å². The molecule has 128 valence electrons. The number of aliphatic imine (C=N–C) groups is 1. The molecule has 0 unspecified atom stereocenters. The molecule has 0 spiro atoms. The van der Waals surface area contributed by atoms with E-state index in [-0.39, 0.29) is 5.41 Å². The summed E-state index contributed by atoms with van der Waals surface area (Å²) in [6.07, 6.45) is 0. The minimum atomic E-state index is 0.0959. The molecule has 0 N–H and O–H groups in total. The molecule has 0 aliphatic carbocycles. The smallest absolute Gasteiger partial charge is 0.118 e. The van der Waals surface area contributed by atoms with Crippen molar-refractivity contribution in [2.75, 3.05) is 7.11 Å². The van der Waals surface area contributed by atoms with E-state index < -0.39 is 0 Å². The second-order valence-electron chi connectivity index (χ2n) is 7.03. The highest BCUT2D eigenvalue weighted by molar-refractivity contribution is 7.98. The molecule has 0 bridgehead atoms. The van der Waals surface area contributed by atoms with Gasteiger partial charge in [-0.15, -0.1) is 11.8 Å². The van der Waals surface area contributed by atoms with Crippen molar-refractivity contribution in [2.24, 2.45) is 10.4 Å². The Hall–Kier alpha value is -1.74. The lowest BCUT2D eigenvalue weighted by Crippen LogP contribution is -2.16. The molecule has 2 rings (SSSR count). The molecule has 0 fully saturated rings. The Labute approximate surface area is 150 Å². The molecule has 0 aromatic heterocycles. The lowest BCUT2D eigenvalue weighted by atomic mass is 9.91. The van der Waals surface area contributed by atoms with Crippen molar-refractivity contribution in [1.82, 2.24) is 0 Å². The number of hydrogen-bond acceptors (Lipinski definition) is 3. The molecule has 2 aromatic carbocycles. The zero-order valence-corrected chi connectivity index (χ0v) is 16.3. The summed E-state index contributed by atoms with van der Waals surface area (Å²) in [5, 5.41) is 0. The molecule has 2 aromatic rings. The molecule has 0 amide bonds. The fraction of sp³-hybridized carbons (Fsp3) is 0.381. The number of thioether (sulfide) groups is 1. The van der Waals surface area contributed by atoms with Crippen molar-refractivity contribution >= 4 is 23.2 Å². The lowest BCUT2D eigenvalue weighted by Gasteiger charge is -2.18. The number of benzene rings is 2. The molecule has 2 nitrogen and oxygen atoms in total. The van der Waals surface area contributed by atoms with Gasteiger partial charge in [-0.3, -0.25) is 4.99 Å². The molecule has 3 heteroatoms. The fourth-order valence-electron chi connectivity index (χ4n) is 2.04. The van der Waals surface area contributed by atoms with Crippen LogP contribution in [0.25, 0.3) is 0 Å². The minimum Gasteiger partial charge on any atom is -0.497 e. The van der Waals surface area contributed by atoms with Crippen LogP contribution in [0.4, 0.5) is 5.69 Å². The van der Waals surface area contributed by atoms with E-state index in [9.17, 15) is 0 Å². The maximum Gasteiger partial charge on any atom is 0.118 e. The van der Waals surface area contributed by atoms with Gasteiger partial charge in [0.2, 0.25) is 0 Å². The second kappa shape index (κ2) is 7.89. The monoisotopic (exact) mass is 341 g/mol. The van der Waals surface area contributed by atoms with Crippen LogP contribution in [0.2, 0.25) is 0 Å². The van der Waals surface area contributed by atoms with Crippen molar-refractivity contribution in [3.05, 3.63) is 53.6 Å². The number of hydrogen-bond donors (Lipinski definition) is 0. The Morgan fingerprint density at radius 2 is 1.75 bits per heavy atom. The van der Waals surface area contributed by atoms with Gasteiger partial charge in [0.1, 0.15) is 5.75 Å². The Morgan fingerprint density at radius 1 is 1.08 bits per heavy atom. The summed E-state index contributed by atoms with van der Waals surface area (Å²) in [6, 6.07) is 14.8. The minimum absolute atomic E-state index is 0.0959. The van der Waals surface area contributed by atoms with Crippen LogP contribution in [-0.4, -0.2) is 12.8 Å². The topological polar surface area (TPSA) is 21.6 Å². The van der Waals surface area contributed by atoms with E-state index in [2.05, 4.69) is 65.0 Å². The van der Waals surface area contributed by atoms with Gasteiger partial charge in [0.15, 0.2) is 0 Å². The van der Waals surface area contributed by atoms with Gasteiger partial charge in [-0.05, 0) is 54.7 Å². The third-order valence-electron chi connectivity index (χ3n) is 4.12. The van der Waals surface area contributed by atoms with Gasteiger partial charge >= 0.3 is 0 Å². The molecule has 0 atom stereocenters. The summed E-state index contributed by atoms with van der Waals surface area (Å²) in [6.45, 7) is 10.8. The van der Waals surface area contributed by atoms with Crippen LogP contribution in [0.3, 0.4) is 0 Å². The summed E-state index contributed by atoms with van der Waals surface area (Å²) < 4.78 is 5.20. The highest BCUT2D eigenvalue weighted by atomic mass is 32.2. The summed E-state index contributed by atoms with van der Waals surface area (Å²) in [4.78, 5) is 6.10. The first-order valence-corrected chi connectivity index (χ1v) is 9.20. The van der Waals surface area contributed by atoms with Crippen LogP contribution >= 0.6 is 11.8 Å². The number of nitrogens with zero attached hydrogens (tertiary/aromatic N) is 1. The number of aryl methyl sites for hydroxylation is 1. The zero-order valence-electron chi connectivity index (χ0n) is 15.5. The van der Waals surface area contributed by atoms with Crippen molar-refractivity contribution in [3.8, 4) is 5.75 Å². The fourth-order valence-corrected chi connectivity index (χ4v) is 2.92. The first-order valence-electron chi connectivity index (χ1n) is 8.22.